The maximum Gasteiger partial charge on any atom is 0.335 e. The number of amides is 1. The largest absolute Gasteiger partial charge is 0.478 e. The minimum absolute atomic E-state index is 0.0630. The lowest BCUT2D eigenvalue weighted by molar-refractivity contribution is -0.174. The monoisotopic (exact) mass is 733 g/mol. The molecule has 0 bridgehead atoms. The third-order valence-corrected chi connectivity index (χ3v) is 8.56. The highest BCUT2D eigenvalue weighted by molar-refractivity contribution is 5.88. The average molecular weight is 734 g/mol. The van der Waals surface area contributed by atoms with Crippen molar-refractivity contribution in [2.75, 3.05) is 85.1 Å². The number of hydrogen-bond acceptors (Lipinski definition) is 12. The van der Waals surface area contributed by atoms with Gasteiger partial charge in [0.1, 0.15) is 11.2 Å². The molecule has 0 radical (unpaired) electrons. The summed E-state index contributed by atoms with van der Waals surface area (Å²) in [5.41, 5.74) is 0.250. The minimum atomic E-state index is -1.04. The molecule has 0 aromatic heterocycles. The van der Waals surface area contributed by atoms with E-state index in [1.807, 2.05) is 78.2 Å². The maximum absolute atomic E-state index is 13.8. The van der Waals surface area contributed by atoms with Gasteiger partial charge in [0.15, 0.2) is 6.29 Å². The normalized spacial score (nSPS) is 18.8. The number of nitrogens with zero attached hydrogens (tertiary/aromatic N) is 5. The molecule has 1 fully saturated rings. The van der Waals surface area contributed by atoms with Gasteiger partial charge in [0, 0.05) is 72.0 Å². The number of carbonyl (C=O) groups is 4. The van der Waals surface area contributed by atoms with E-state index in [1.54, 1.807) is 17.0 Å². The second-order valence-electron chi connectivity index (χ2n) is 16.8. The Balaban J connectivity index is 1.83. The third-order valence-electron chi connectivity index (χ3n) is 8.56. The summed E-state index contributed by atoms with van der Waals surface area (Å²) in [5.74, 6) is -1.77. The number of hydrogen-bond donors (Lipinski definition) is 2. The molecule has 2 N–H and O–H groups in total. The first kappa shape index (κ1) is 43.3. The van der Waals surface area contributed by atoms with E-state index in [-0.39, 0.29) is 49.6 Å². The van der Waals surface area contributed by atoms with Crippen molar-refractivity contribution < 1.29 is 43.6 Å². The van der Waals surface area contributed by atoms with Crippen LogP contribution in [0.3, 0.4) is 0 Å². The van der Waals surface area contributed by atoms with Crippen LogP contribution in [0.4, 0.5) is 0 Å². The first-order chi connectivity index (χ1) is 24.0. The average Bonchev–Trinajstić information content (AvgIpc) is 2.98. The Kier molecular flexibility index (Phi) is 15.6. The number of carbonyl (C=O) groups excluding carboxylic acids is 3. The third kappa shape index (κ3) is 16.3. The van der Waals surface area contributed by atoms with Crippen LogP contribution in [0.2, 0.25) is 0 Å². The van der Waals surface area contributed by atoms with Crippen LogP contribution in [0.25, 0.3) is 0 Å². The van der Waals surface area contributed by atoms with Gasteiger partial charge in [-0.1, -0.05) is 6.07 Å². The zero-order valence-corrected chi connectivity index (χ0v) is 32.9. The van der Waals surface area contributed by atoms with Gasteiger partial charge in [0.05, 0.1) is 30.8 Å². The van der Waals surface area contributed by atoms with Crippen LogP contribution in [0.15, 0.2) is 18.2 Å². The Morgan fingerprint density at radius 3 is 1.56 bits per heavy atom. The van der Waals surface area contributed by atoms with Gasteiger partial charge < -0.3 is 29.3 Å². The predicted octanol–water partition coefficient (Wildman–Crippen LogP) is 2.31. The second-order valence-corrected chi connectivity index (χ2v) is 16.8. The van der Waals surface area contributed by atoms with E-state index in [1.165, 1.54) is 0 Å². The van der Waals surface area contributed by atoms with Crippen LogP contribution in [-0.4, -0.2) is 167 Å². The van der Waals surface area contributed by atoms with Crippen LogP contribution in [0, 0.1) is 0 Å². The second kappa shape index (κ2) is 18.8. The molecule has 1 atom stereocenters. The first-order valence-corrected chi connectivity index (χ1v) is 18.4. The number of aliphatic hydroxyl groups excluding tert-OH is 1. The molecule has 1 aromatic carbocycles. The van der Waals surface area contributed by atoms with Gasteiger partial charge in [-0.05, 0) is 92.0 Å². The van der Waals surface area contributed by atoms with Crippen molar-refractivity contribution in [2.24, 2.45) is 0 Å². The number of esters is 2. The molecule has 0 spiro atoms. The highest BCUT2D eigenvalue weighted by atomic mass is 16.6. The molecule has 0 saturated carbocycles. The van der Waals surface area contributed by atoms with Crippen molar-refractivity contribution in [3.63, 3.8) is 0 Å². The molecule has 3 rings (SSSR count). The quantitative estimate of drug-likeness (QED) is 0.268. The number of ether oxygens (including phenoxy) is 3. The summed E-state index contributed by atoms with van der Waals surface area (Å²) in [6, 6.07) is 5.07. The Hall–Kier alpha value is -3.14. The number of benzene rings is 1. The standard InChI is InChI=1S/C38H63N5O9/c1-36(2,3)50-32(45)25-40-16-14-39(24-31(44)43-13-12-28-10-11-29(35(48)49)22-30(28)23-43)15-17-41(26-33(46)51-37(4,5)6)19-21-42(20-18-40)27-34(47)52-38(7,8)9/h10-11,22,34,47H,12-21,23-27H2,1-9H3,(H,48,49). The molecule has 52 heavy (non-hydrogen) atoms. The molecule has 14 nitrogen and oxygen atoms in total. The molecule has 0 aliphatic carbocycles. The molecular weight excluding hydrogens is 670 g/mol. The van der Waals surface area contributed by atoms with Crippen molar-refractivity contribution in [2.45, 2.75) is 98.4 Å². The molecule has 294 valence electrons. The fourth-order valence-corrected chi connectivity index (χ4v) is 6.21. The van der Waals surface area contributed by atoms with Crippen molar-refractivity contribution in [3.8, 4) is 0 Å². The zero-order chi connectivity index (χ0) is 38.9. The molecular formula is C38H63N5O9. The molecule has 2 aliphatic rings. The number of aliphatic hydroxyl groups is 1. The summed E-state index contributed by atoms with van der Waals surface area (Å²) in [6.07, 6.45) is -0.397. The molecule has 2 heterocycles. The minimum Gasteiger partial charge on any atom is -0.478 e. The predicted molar refractivity (Wildman–Crippen MR) is 197 cm³/mol. The van der Waals surface area contributed by atoms with E-state index in [9.17, 15) is 29.4 Å². The zero-order valence-electron chi connectivity index (χ0n) is 32.9. The lowest BCUT2D eigenvalue weighted by Crippen LogP contribution is -2.51. The Morgan fingerprint density at radius 1 is 0.654 bits per heavy atom. The smallest absolute Gasteiger partial charge is 0.335 e. The molecule has 1 saturated heterocycles. The molecule has 1 amide bonds. The Morgan fingerprint density at radius 2 is 1.12 bits per heavy atom. The van der Waals surface area contributed by atoms with Gasteiger partial charge >= 0.3 is 17.9 Å². The van der Waals surface area contributed by atoms with Gasteiger partial charge in [0.25, 0.3) is 0 Å². The van der Waals surface area contributed by atoms with Crippen molar-refractivity contribution in [1.82, 2.24) is 24.5 Å². The van der Waals surface area contributed by atoms with Crippen LogP contribution in [0.1, 0.15) is 83.8 Å². The van der Waals surface area contributed by atoms with Crippen LogP contribution in [0.5, 0.6) is 0 Å². The Labute approximate surface area is 309 Å². The lowest BCUT2D eigenvalue weighted by Gasteiger charge is -2.36. The molecule has 1 aromatic rings. The Bertz CT molecular complexity index is 1320. The first-order valence-electron chi connectivity index (χ1n) is 18.4. The van der Waals surface area contributed by atoms with Gasteiger partial charge in [-0.25, -0.2) is 4.79 Å². The van der Waals surface area contributed by atoms with E-state index >= 15 is 0 Å². The van der Waals surface area contributed by atoms with Gasteiger partial charge in [0.2, 0.25) is 5.91 Å². The number of rotatable bonds is 10. The van der Waals surface area contributed by atoms with E-state index in [0.717, 1.165) is 11.1 Å². The number of β-amino-alcohol motifs (C(OH)–C–C–N with tert-alkyl or cyclic N) is 1. The van der Waals surface area contributed by atoms with Crippen LogP contribution in [-0.2, 0) is 41.6 Å². The van der Waals surface area contributed by atoms with Gasteiger partial charge in [-0.2, -0.15) is 0 Å². The van der Waals surface area contributed by atoms with Crippen molar-refractivity contribution in [1.29, 1.82) is 0 Å². The van der Waals surface area contributed by atoms with Crippen molar-refractivity contribution in [3.05, 3.63) is 34.9 Å². The number of carboxylic acids is 1. The van der Waals surface area contributed by atoms with E-state index in [4.69, 9.17) is 14.2 Å². The summed E-state index contributed by atoms with van der Waals surface area (Å²) >= 11 is 0. The molecule has 1 unspecified atom stereocenters. The van der Waals surface area contributed by atoms with E-state index in [0.29, 0.717) is 71.9 Å². The summed E-state index contributed by atoms with van der Waals surface area (Å²) in [6.45, 7) is 21.9. The van der Waals surface area contributed by atoms with E-state index < -0.39 is 29.1 Å². The fraction of sp³-hybridized carbons (Fsp3) is 0.737. The van der Waals surface area contributed by atoms with E-state index in [2.05, 4.69) is 9.80 Å². The summed E-state index contributed by atoms with van der Waals surface area (Å²) < 4.78 is 17.1. The number of fused-ring (bicyclic) bond motifs is 1. The summed E-state index contributed by atoms with van der Waals surface area (Å²) in [4.78, 5) is 61.3. The highest BCUT2D eigenvalue weighted by Crippen LogP contribution is 2.21. The molecule has 2 aliphatic heterocycles. The fourth-order valence-electron chi connectivity index (χ4n) is 6.21. The summed E-state index contributed by atoms with van der Waals surface area (Å²) in [7, 11) is 0. The van der Waals surface area contributed by atoms with Gasteiger partial charge in [-0.3, -0.25) is 34.0 Å². The molecule has 14 heteroatoms. The maximum atomic E-state index is 13.8. The number of carboxylic acid groups (broad SMARTS) is 1. The van der Waals surface area contributed by atoms with Crippen LogP contribution < -0.4 is 0 Å². The van der Waals surface area contributed by atoms with Crippen LogP contribution >= 0.6 is 0 Å². The SMILES string of the molecule is CC(C)(C)OC(=O)CN1CCN(CC(=O)N2CCc3ccc(C(=O)O)cc3C2)CCN(CC(=O)OC(C)(C)C)CCN(CC(O)OC(C)(C)C)CC1. The lowest BCUT2D eigenvalue weighted by atomic mass is 9.97. The topological polar surface area (TPSA) is 153 Å². The summed E-state index contributed by atoms with van der Waals surface area (Å²) in [5, 5.41) is 20.3. The highest BCUT2D eigenvalue weighted by Gasteiger charge is 2.28. The van der Waals surface area contributed by atoms with Gasteiger partial charge in [-0.15, -0.1) is 0 Å². The number of aromatic carboxylic acids is 1. The van der Waals surface area contributed by atoms with Crippen molar-refractivity contribution >= 4 is 23.8 Å².